The lowest BCUT2D eigenvalue weighted by Gasteiger charge is -2.09. The molecule has 0 amide bonds. The van der Waals surface area contributed by atoms with Crippen molar-refractivity contribution in [1.82, 2.24) is 19.2 Å². The van der Waals surface area contributed by atoms with Crippen LogP contribution in [0.2, 0.25) is 0 Å². The number of anilines is 2. The Bertz CT molecular complexity index is 1210. The molecule has 0 unspecified atom stereocenters. The molecule has 4 rings (SSSR count). The molecule has 7 heteroatoms. The molecule has 2 aromatic carbocycles. The molecule has 0 spiro atoms. The van der Waals surface area contributed by atoms with Crippen molar-refractivity contribution < 1.29 is 4.74 Å². The Kier molecular flexibility index (Phi) is 4.57. The van der Waals surface area contributed by atoms with Gasteiger partial charge in [0.25, 0.3) is 5.78 Å². The fraction of sp³-hybridized carbons (Fsp3) is 0.190. The minimum atomic E-state index is -0.217. The molecule has 0 radical (unpaired) electrons. The van der Waals surface area contributed by atoms with Crippen LogP contribution in [0.15, 0.2) is 59.4 Å². The molecule has 142 valence electrons. The van der Waals surface area contributed by atoms with Crippen molar-refractivity contribution in [2.45, 2.75) is 20.4 Å². The number of benzene rings is 2. The molecule has 0 atom stereocenters. The maximum absolute atomic E-state index is 12.8. The summed E-state index contributed by atoms with van der Waals surface area (Å²) in [6.45, 7) is 4.25. The van der Waals surface area contributed by atoms with E-state index in [2.05, 4.69) is 15.4 Å². The number of nitrogens with one attached hydrogen (secondary N) is 1. The van der Waals surface area contributed by atoms with Crippen molar-refractivity contribution in [3.8, 4) is 5.75 Å². The zero-order valence-electron chi connectivity index (χ0n) is 16.0. The lowest BCUT2D eigenvalue weighted by molar-refractivity contribution is 0.414. The van der Waals surface area contributed by atoms with Crippen LogP contribution in [0.1, 0.15) is 16.8 Å². The number of nitrogens with zero attached hydrogens (tertiary/aromatic N) is 4. The van der Waals surface area contributed by atoms with Crippen LogP contribution in [0.25, 0.3) is 5.78 Å². The second-order valence-electron chi connectivity index (χ2n) is 6.65. The first kappa shape index (κ1) is 17.8. The van der Waals surface area contributed by atoms with Crippen LogP contribution in [-0.4, -0.2) is 26.3 Å². The maximum Gasteiger partial charge on any atom is 0.352 e. The van der Waals surface area contributed by atoms with Gasteiger partial charge in [-0.15, -0.1) is 5.10 Å². The van der Waals surface area contributed by atoms with Gasteiger partial charge in [-0.05, 0) is 43.2 Å². The van der Waals surface area contributed by atoms with Gasteiger partial charge in [-0.1, -0.05) is 30.3 Å². The third-order valence-corrected chi connectivity index (χ3v) is 4.62. The molecule has 0 fully saturated rings. The third kappa shape index (κ3) is 3.34. The molecule has 7 nitrogen and oxygen atoms in total. The molecule has 0 bridgehead atoms. The molecular weight excluding hydrogens is 354 g/mol. The summed E-state index contributed by atoms with van der Waals surface area (Å²) in [5.41, 5.74) is 3.56. The highest BCUT2D eigenvalue weighted by atomic mass is 16.5. The Labute approximate surface area is 162 Å². The van der Waals surface area contributed by atoms with Crippen LogP contribution in [-0.2, 0) is 6.54 Å². The topological polar surface area (TPSA) is 73.4 Å². The lowest BCUT2D eigenvalue weighted by atomic mass is 10.2. The first-order valence-electron chi connectivity index (χ1n) is 8.98. The standard InChI is InChI=1S/C21H21N5O2/c1-14-7-4-5-10-18(14)22-19-11-15(2)26-20(23-19)24-25(21(26)27)13-16-8-6-9-17(12-16)28-3/h4-12H,13H2,1-3H3,(H,22,23,24). The molecule has 2 heterocycles. The van der Waals surface area contributed by atoms with Gasteiger partial charge in [-0.3, -0.25) is 0 Å². The molecule has 0 aliphatic carbocycles. The summed E-state index contributed by atoms with van der Waals surface area (Å²) in [7, 11) is 1.62. The van der Waals surface area contributed by atoms with Crippen molar-refractivity contribution in [2.24, 2.45) is 0 Å². The number of para-hydroxylation sites is 1. The molecule has 28 heavy (non-hydrogen) atoms. The Morgan fingerprint density at radius 3 is 2.68 bits per heavy atom. The minimum absolute atomic E-state index is 0.217. The van der Waals surface area contributed by atoms with Crippen LogP contribution >= 0.6 is 0 Å². The van der Waals surface area contributed by atoms with Gasteiger partial charge in [0.15, 0.2) is 0 Å². The van der Waals surface area contributed by atoms with Gasteiger partial charge in [0.05, 0.1) is 13.7 Å². The number of hydrogen-bond donors (Lipinski definition) is 1. The van der Waals surface area contributed by atoms with Gasteiger partial charge in [-0.2, -0.15) is 4.98 Å². The minimum Gasteiger partial charge on any atom is -0.497 e. The van der Waals surface area contributed by atoms with Crippen molar-refractivity contribution in [1.29, 1.82) is 0 Å². The molecule has 0 saturated heterocycles. The summed E-state index contributed by atoms with van der Waals surface area (Å²) in [6, 6.07) is 17.4. The number of fused-ring (bicyclic) bond motifs is 1. The zero-order valence-corrected chi connectivity index (χ0v) is 16.0. The molecule has 1 N–H and O–H groups in total. The van der Waals surface area contributed by atoms with Crippen LogP contribution in [0.4, 0.5) is 11.5 Å². The average Bonchev–Trinajstić information content (AvgIpc) is 2.99. The highest BCUT2D eigenvalue weighted by Crippen LogP contribution is 2.20. The number of aryl methyl sites for hydroxylation is 2. The van der Waals surface area contributed by atoms with Gasteiger partial charge in [-0.25, -0.2) is 13.9 Å². The number of rotatable bonds is 5. The van der Waals surface area contributed by atoms with Gasteiger partial charge < -0.3 is 10.1 Å². The maximum atomic E-state index is 12.8. The number of ether oxygens (including phenoxy) is 1. The fourth-order valence-corrected chi connectivity index (χ4v) is 3.14. The monoisotopic (exact) mass is 375 g/mol. The van der Waals surface area contributed by atoms with Crippen LogP contribution in [0.3, 0.4) is 0 Å². The summed E-state index contributed by atoms with van der Waals surface area (Å²) in [5.74, 6) is 1.76. The predicted octanol–water partition coefficient (Wildman–Crippen LogP) is 3.31. The highest BCUT2D eigenvalue weighted by Gasteiger charge is 2.13. The Morgan fingerprint density at radius 1 is 1.07 bits per heavy atom. The van der Waals surface area contributed by atoms with Gasteiger partial charge >= 0.3 is 5.69 Å². The van der Waals surface area contributed by atoms with Crippen LogP contribution in [0.5, 0.6) is 5.75 Å². The van der Waals surface area contributed by atoms with Crippen molar-refractivity contribution in [3.05, 3.63) is 81.9 Å². The normalized spacial score (nSPS) is 11.0. The highest BCUT2D eigenvalue weighted by molar-refractivity contribution is 5.61. The zero-order chi connectivity index (χ0) is 19.7. The van der Waals surface area contributed by atoms with E-state index in [1.54, 1.807) is 7.11 Å². The summed E-state index contributed by atoms with van der Waals surface area (Å²) in [6.07, 6.45) is 0. The number of methoxy groups -OCH3 is 1. The molecule has 2 aromatic heterocycles. The van der Waals surface area contributed by atoms with Gasteiger partial charge in [0.1, 0.15) is 11.6 Å². The van der Waals surface area contributed by atoms with E-state index in [0.29, 0.717) is 18.1 Å². The van der Waals surface area contributed by atoms with E-state index in [9.17, 15) is 4.79 Å². The Balaban J connectivity index is 1.71. The number of hydrogen-bond acceptors (Lipinski definition) is 5. The molecule has 0 aliphatic rings. The lowest BCUT2D eigenvalue weighted by Crippen LogP contribution is -2.22. The largest absolute Gasteiger partial charge is 0.497 e. The van der Waals surface area contributed by atoms with Gasteiger partial charge in [0.2, 0.25) is 0 Å². The first-order chi connectivity index (χ1) is 13.5. The molecular formula is C21H21N5O2. The molecule has 0 saturated carbocycles. The SMILES string of the molecule is COc1cccc(Cn2nc3nc(Nc4ccccc4C)cc(C)n3c2=O)c1. The molecule has 0 aliphatic heterocycles. The van der Waals surface area contributed by atoms with Crippen molar-refractivity contribution in [3.63, 3.8) is 0 Å². The Morgan fingerprint density at radius 2 is 1.89 bits per heavy atom. The number of aromatic nitrogens is 4. The van der Waals surface area contributed by atoms with E-state index < -0.39 is 0 Å². The van der Waals surface area contributed by atoms with Gasteiger partial charge in [0, 0.05) is 17.4 Å². The third-order valence-electron chi connectivity index (χ3n) is 4.62. The van der Waals surface area contributed by atoms with Crippen molar-refractivity contribution in [2.75, 3.05) is 12.4 Å². The second-order valence-corrected chi connectivity index (χ2v) is 6.65. The van der Waals surface area contributed by atoms with E-state index >= 15 is 0 Å². The fourth-order valence-electron chi connectivity index (χ4n) is 3.14. The van der Waals surface area contributed by atoms with E-state index in [1.807, 2.05) is 68.4 Å². The van der Waals surface area contributed by atoms with E-state index in [0.717, 1.165) is 28.3 Å². The van der Waals surface area contributed by atoms with E-state index in [4.69, 9.17) is 4.74 Å². The Hall–Kier alpha value is -3.61. The summed E-state index contributed by atoms with van der Waals surface area (Å²) >= 11 is 0. The van der Waals surface area contributed by atoms with Crippen LogP contribution < -0.4 is 15.7 Å². The van der Waals surface area contributed by atoms with Crippen LogP contribution in [0, 0.1) is 13.8 Å². The van der Waals surface area contributed by atoms with E-state index in [1.165, 1.54) is 9.08 Å². The average molecular weight is 375 g/mol. The predicted molar refractivity (Wildman–Crippen MR) is 109 cm³/mol. The smallest absolute Gasteiger partial charge is 0.352 e. The summed E-state index contributed by atoms with van der Waals surface area (Å²) in [4.78, 5) is 17.3. The van der Waals surface area contributed by atoms with Crippen molar-refractivity contribution >= 4 is 17.3 Å². The summed E-state index contributed by atoms with van der Waals surface area (Å²) in [5, 5.41) is 7.73. The summed E-state index contributed by atoms with van der Waals surface area (Å²) < 4.78 is 8.18. The first-order valence-corrected chi connectivity index (χ1v) is 8.98. The second kappa shape index (κ2) is 7.19. The van der Waals surface area contributed by atoms with E-state index in [-0.39, 0.29) is 5.69 Å². The quantitative estimate of drug-likeness (QED) is 0.579. The molecule has 4 aromatic rings.